The molecule has 0 spiro atoms. The molecule has 0 saturated carbocycles. The van der Waals surface area contributed by atoms with E-state index in [1.54, 1.807) is 4.90 Å². The Morgan fingerprint density at radius 3 is 2.10 bits per heavy atom. The Morgan fingerprint density at radius 2 is 1.52 bits per heavy atom. The zero-order valence-corrected chi connectivity index (χ0v) is 12.5. The smallest absolute Gasteiger partial charge is 0.253 e. The van der Waals surface area contributed by atoms with Crippen molar-refractivity contribution >= 4 is 5.91 Å². The van der Waals surface area contributed by atoms with Crippen molar-refractivity contribution < 1.29 is 4.79 Å². The standard InChI is InChI=1S/C19H19NO/c1-3-15-20(2)19(21)18-13-11-17(12-14-18)10-9-16-7-5-4-6-8-16/h4-8,11-14H,3,15H2,1-2H3. The third kappa shape index (κ3) is 4.22. The molecule has 2 nitrogen and oxygen atoms in total. The van der Waals surface area contributed by atoms with Crippen LogP contribution in [0.3, 0.4) is 0 Å². The molecule has 0 atom stereocenters. The van der Waals surface area contributed by atoms with Gasteiger partial charge in [0.25, 0.3) is 5.91 Å². The summed E-state index contributed by atoms with van der Waals surface area (Å²) in [6, 6.07) is 17.3. The fourth-order valence-corrected chi connectivity index (χ4v) is 2.02. The van der Waals surface area contributed by atoms with Gasteiger partial charge in [-0.3, -0.25) is 4.79 Å². The molecule has 0 aliphatic carbocycles. The van der Waals surface area contributed by atoms with Crippen molar-refractivity contribution in [2.24, 2.45) is 0 Å². The molecule has 0 unspecified atom stereocenters. The van der Waals surface area contributed by atoms with Gasteiger partial charge in [-0.15, -0.1) is 0 Å². The average molecular weight is 277 g/mol. The van der Waals surface area contributed by atoms with Crippen LogP contribution >= 0.6 is 0 Å². The van der Waals surface area contributed by atoms with Crippen molar-refractivity contribution in [3.63, 3.8) is 0 Å². The van der Waals surface area contributed by atoms with Crippen LogP contribution in [0, 0.1) is 11.8 Å². The van der Waals surface area contributed by atoms with Crippen molar-refractivity contribution in [3.8, 4) is 11.8 Å². The molecule has 0 heterocycles. The minimum atomic E-state index is 0.0550. The Morgan fingerprint density at radius 1 is 0.952 bits per heavy atom. The highest BCUT2D eigenvalue weighted by Crippen LogP contribution is 2.07. The number of benzene rings is 2. The second kappa shape index (κ2) is 7.31. The Bertz CT molecular complexity index is 647. The maximum atomic E-state index is 12.1. The van der Waals surface area contributed by atoms with Gasteiger partial charge >= 0.3 is 0 Å². The Hall–Kier alpha value is -2.53. The first-order valence-electron chi connectivity index (χ1n) is 7.13. The van der Waals surface area contributed by atoms with Crippen LogP contribution in [-0.4, -0.2) is 24.4 Å². The first kappa shape index (κ1) is 14.9. The molecule has 21 heavy (non-hydrogen) atoms. The topological polar surface area (TPSA) is 20.3 Å². The first-order valence-corrected chi connectivity index (χ1v) is 7.13. The molecule has 0 bridgehead atoms. The second-order valence-electron chi connectivity index (χ2n) is 4.92. The lowest BCUT2D eigenvalue weighted by molar-refractivity contribution is 0.0795. The third-order valence-electron chi connectivity index (χ3n) is 3.16. The highest BCUT2D eigenvalue weighted by Gasteiger charge is 2.09. The number of amides is 1. The van der Waals surface area contributed by atoms with Gasteiger partial charge in [-0.2, -0.15) is 0 Å². The van der Waals surface area contributed by atoms with E-state index in [2.05, 4.69) is 18.8 Å². The summed E-state index contributed by atoms with van der Waals surface area (Å²) in [5, 5.41) is 0. The molecule has 2 aromatic carbocycles. The minimum absolute atomic E-state index is 0.0550. The minimum Gasteiger partial charge on any atom is -0.342 e. The number of hydrogen-bond acceptors (Lipinski definition) is 1. The molecule has 106 valence electrons. The summed E-state index contributed by atoms with van der Waals surface area (Å²) in [5.41, 5.74) is 2.60. The molecular formula is C19H19NO. The van der Waals surface area contributed by atoms with E-state index in [1.165, 1.54) is 0 Å². The predicted octanol–water partition coefficient (Wildman–Crippen LogP) is 3.57. The van der Waals surface area contributed by atoms with E-state index in [4.69, 9.17) is 0 Å². The molecular weight excluding hydrogens is 258 g/mol. The van der Waals surface area contributed by atoms with E-state index >= 15 is 0 Å². The monoisotopic (exact) mass is 277 g/mol. The van der Waals surface area contributed by atoms with E-state index in [-0.39, 0.29) is 5.91 Å². The van der Waals surface area contributed by atoms with Gasteiger partial charge in [-0.05, 0) is 42.8 Å². The fraction of sp³-hybridized carbons (Fsp3) is 0.211. The third-order valence-corrected chi connectivity index (χ3v) is 3.16. The molecule has 2 heteroatoms. The lowest BCUT2D eigenvalue weighted by Gasteiger charge is -2.15. The van der Waals surface area contributed by atoms with Gasteiger partial charge in [0.2, 0.25) is 0 Å². The number of carbonyl (C=O) groups excluding carboxylic acids is 1. The molecule has 2 aromatic rings. The summed E-state index contributed by atoms with van der Waals surface area (Å²) in [4.78, 5) is 13.9. The van der Waals surface area contributed by atoms with Crippen molar-refractivity contribution in [3.05, 3.63) is 71.3 Å². The molecule has 0 N–H and O–H groups in total. The van der Waals surface area contributed by atoms with Crippen LogP contribution in [-0.2, 0) is 0 Å². The van der Waals surface area contributed by atoms with Crippen molar-refractivity contribution in [1.29, 1.82) is 0 Å². The summed E-state index contributed by atoms with van der Waals surface area (Å²) in [6.07, 6.45) is 0.961. The molecule has 0 saturated heterocycles. The van der Waals surface area contributed by atoms with Gasteiger partial charge in [0, 0.05) is 30.3 Å². The van der Waals surface area contributed by atoms with Gasteiger partial charge < -0.3 is 4.90 Å². The van der Waals surface area contributed by atoms with Crippen molar-refractivity contribution in [2.75, 3.05) is 13.6 Å². The maximum Gasteiger partial charge on any atom is 0.253 e. The van der Waals surface area contributed by atoms with E-state index in [0.29, 0.717) is 5.56 Å². The number of rotatable bonds is 3. The highest BCUT2D eigenvalue weighted by atomic mass is 16.2. The number of nitrogens with zero attached hydrogens (tertiary/aromatic N) is 1. The largest absolute Gasteiger partial charge is 0.342 e. The van der Waals surface area contributed by atoms with Gasteiger partial charge in [0.05, 0.1) is 0 Å². The van der Waals surface area contributed by atoms with Crippen LogP contribution in [0.25, 0.3) is 0 Å². The zero-order chi connectivity index (χ0) is 15.1. The van der Waals surface area contributed by atoms with E-state index in [1.807, 2.05) is 61.6 Å². The van der Waals surface area contributed by atoms with Crippen LogP contribution < -0.4 is 0 Å². The highest BCUT2D eigenvalue weighted by molar-refractivity contribution is 5.94. The number of carbonyl (C=O) groups is 1. The molecule has 2 rings (SSSR count). The SMILES string of the molecule is CCCN(C)C(=O)c1ccc(C#Cc2ccccc2)cc1. The normalized spacial score (nSPS) is 9.62. The number of hydrogen-bond donors (Lipinski definition) is 0. The lowest BCUT2D eigenvalue weighted by Crippen LogP contribution is -2.27. The summed E-state index contributed by atoms with van der Waals surface area (Å²) >= 11 is 0. The van der Waals surface area contributed by atoms with Crippen LogP contribution in [0.5, 0.6) is 0 Å². The maximum absolute atomic E-state index is 12.1. The summed E-state index contributed by atoms with van der Waals surface area (Å²) in [5.74, 6) is 6.27. The van der Waals surface area contributed by atoms with Crippen molar-refractivity contribution in [2.45, 2.75) is 13.3 Å². The van der Waals surface area contributed by atoms with Crippen LogP contribution in [0.15, 0.2) is 54.6 Å². The molecule has 0 radical (unpaired) electrons. The average Bonchev–Trinajstić information content (AvgIpc) is 2.54. The quantitative estimate of drug-likeness (QED) is 0.785. The first-order chi connectivity index (χ1) is 10.2. The summed E-state index contributed by atoms with van der Waals surface area (Å²) in [7, 11) is 1.83. The van der Waals surface area contributed by atoms with E-state index in [0.717, 1.165) is 24.1 Å². The summed E-state index contributed by atoms with van der Waals surface area (Å²) in [6.45, 7) is 2.83. The van der Waals surface area contributed by atoms with E-state index < -0.39 is 0 Å². The van der Waals surface area contributed by atoms with Crippen molar-refractivity contribution in [1.82, 2.24) is 4.90 Å². The van der Waals surface area contributed by atoms with Gasteiger partial charge in [-0.1, -0.05) is 37.0 Å². The van der Waals surface area contributed by atoms with Gasteiger partial charge in [0.1, 0.15) is 0 Å². The molecule has 0 aliphatic rings. The molecule has 0 fully saturated rings. The molecule has 0 aliphatic heterocycles. The molecule has 1 amide bonds. The second-order valence-corrected chi connectivity index (χ2v) is 4.92. The molecule has 0 aromatic heterocycles. The Balaban J connectivity index is 2.09. The Labute approximate surface area is 126 Å². The lowest BCUT2D eigenvalue weighted by atomic mass is 10.1. The van der Waals surface area contributed by atoms with Crippen LogP contribution in [0.2, 0.25) is 0 Å². The predicted molar refractivity (Wildman–Crippen MR) is 86.1 cm³/mol. The van der Waals surface area contributed by atoms with E-state index in [9.17, 15) is 4.79 Å². The van der Waals surface area contributed by atoms with Gasteiger partial charge in [-0.25, -0.2) is 0 Å². The summed E-state index contributed by atoms with van der Waals surface area (Å²) < 4.78 is 0. The van der Waals surface area contributed by atoms with Crippen LogP contribution in [0.4, 0.5) is 0 Å². The Kier molecular flexibility index (Phi) is 5.17. The zero-order valence-electron chi connectivity index (χ0n) is 12.5. The van der Waals surface area contributed by atoms with Gasteiger partial charge in [0.15, 0.2) is 0 Å². The van der Waals surface area contributed by atoms with Crippen LogP contribution in [0.1, 0.15) is 34.8 Å². The fourth-order valence-electron chi connectivity index (χ4n) is 2.02.